The first-order chi connectivity index (χ1) is 21.2. The molecule has 8 rings (SSSR count). The zero-order valence-electron chi connectivity index (χ0n) is 26.4. The Labute approximate surface area is 262 Å². The molecule has 0 aliphatic heterocycles. The van der Waals surface area contributed by atoms with Crippen molar-refractivity contribution in [3.63, 3.8) is 0 Å². The number of nitrogens with one attached hydrogen (secondary N) is 1. The second-order valence-corrected chi connectivity index (χ2v) is 15.2. The number of carbonyl (C=O) groups excluding carboxylic acids is 3. The number of nitrogens with zero attached hydrogens (tertiary/aromatic N) is 2. The number of hydrogen-bond acceptors (Lipinski definition) is 10. The minimum Gasteiger partial charge on any atom is -0.508 e. The molecule has 7 aliphatic rings. The number of hydrogen-bond donors (Lipinski definition) is 6. The van der Waals surface area contributed by atoms with E-state index in [1.54, 1.807) is 20.2 Å². The van der Waals surface area contributed by atoms with Crippen LogP contribution in [0.25, 0.3) is 5.76 Å². The Bertz CT molecular complexity index is 1560. The molecule has 11 heteroatoms. The molecule has 0 aromatic heterocycles. The number of nitrogens with two attached hydrogens (primary N) is 1. The summed E-state index contributed by atoms with van der Waals surface area (Å²) >= 11 is 0. The molecule has 0 saturated heterocycles. The minimum atomic E-state index is -2.65. The number of aliphatic hydroxyl groups is 3. The van der Waals surface area contributed by atoms with Crippen LogP contribution in [-0.2, 0) is 27.3 Å². The Morgan fingerprint density at radius 3 is 2.13 bits per heavy atom. The first kappa shape index (κ1) is 30.3. The second-order valence-electron chi connectivity index (χ2n) is 15.2. The normalized spacial score (nSPS) is 36.8. The average molecular weight is 621 g/mol. The highest BCUT2D eigenvalue weighted by molar-refractivity contribution is 6.24. The van der Waals surface area contributed by atoms with E-state index in [1.165, 1.54) is 43.4 Å². The summed E-state index contributed by atoms with van der Waals surface area (Å²) < 4.78 is 0. The summed E-state index contributed by atoms with van der Waals surface area (Å²) in [6, 6.07) is 0.535. The minimum absolute atomic E-state index is 0.0646. The number of aliphatic hydroxyl groups excluding tert-OH is 2. The van der Waals surface area contributed by atoms with Crippen molar-refractivity contribution in [2.75, 3.05) is 33.1 Å². The molecule has 1 aromatic rings. The number of phenols is 1. The lowest BCUT2D eigenvalue weighted by Gasteiger charge is -2.57. The van der Waals surface area contributed by atoms with Crippen LogP contribution < -0.4 is 16.0 Å². The predicted molar refractivity (Wildman–Crippen MR) is 166 cm³/mol. The van der Waals surface area contributed by atoms with E-state index in [0.717, 1.165) is 29.0 Å². The van der Waals surface area contributed by atoms with E-state index in [2.05, 4.69) is 5.32 Å². The number of Topliss-reactive ketones (excluding diaryl/α,β-unsaturated/α-hetero) is 2. The van der Waals surface area contributed by atoms with Crippen molar-refractivity contribution in [3.05, 3.63) is 39.7 Å². The Balaban J connectivity index is 1.30. The molecule has 5 fully saturated rings. The summed E-state index contributed by atoms with van der Waals surface area (Å²) in [4.78, 5) is 43.2. The van der Waals surface area contributed by atoms with Crippen molar-refractivity contribution >= 4 is 28.9 Å². The van der Waals surface area contributed by atoms with Gasteiger partial charge < -0.3 is 36.4 Å². The highest BCUT2D eigenvalue weighted by Gasteiger charge is 2.64. The number of anilines is 1. The first-order valence-electron chi connectivity index (χ1n) is 16.1. The Kier molecular flexibility index (Phi) is 6.75. The SMILES string of the molecule is CN(C)c1c(CNC23CC4CC(CC(C4)C2)C3)cc(O)c2c1C[C@H]1C[C@H]3[C@H](N(C)C)C(=O)C(C(N)=O)=C(O)[C@@]3(O)C(=O)C1=C2O. The zero-order chi connectivity index (χ0) is 32.3. The molecule has 45 heavy (non-hydrogen) atoms. The van der Waals surface area contributed by atoms with Gasteiger partial charge in [-0.3, -0.25) is 19.3 Å². The van der Waals surface area contributed by atoms with Crippen LogP contribution in [0.5, 0.6) is 5.75 Å². The maximum Gasteiger partial charge on any atom is 0.255 e. The number of likely N-dealkylation sites (N-methyl/N-ethyl adjacent to an activating group) is 1. The molecule has 0 unspecified atom stereocenters. The van der Waals surface area contributed by atoms with Crippen LogP contribution in [0, 0.1) is 29.6 Å². The standard InChI is InChI=1S/C34H44N4O7/c1-37(2)26-19(14-36-33-11-15-5-16(12-33)7-17(6-15)13-33)10-22(39)24-20(26)8-18-9-21-27(38(3)4)29(41)25(32(35)44)31(43)34(21,45)30(42)23(18)28(24)40/h10,15-18,21,27,36,39-40,43,45H,5-9,11-14H2,1-4H3,(H2,35,44)/t15?,16?,17?,18-,21-,27-,33?,34-/m0/s1. The predicted octanol–water partition coefficient (Wildman–Crippen LogP) is 2.09. The van der Waals surface area contributed by atoms with E-state index in [1.807, 2.05) is 19.0 Å². The van der Waals surface area contributed by atoms with Crippen molar-refractivity contribution in [2.24, 2.45) is 35.3 Å². The maximum absolute atomic E-state index is 14.1. The van der Waals surface area contributed by atoms with Crippen LogP contribution in [0.4, 0.5) is 5.69 Å². The Hall–Kier alpha value is -3.41. The third kappa shape index (κ3) is 4.23. The van der Waals surface area contributed by atoms with E-state index in [9.17, 15) is 34.8 Å². The van der Waals surface area contributed by atoms with Crippen molar-refractivity contribution < 1.29 is 34.8 Å². The van der Waals surface area contributed by atoms with Gasteiger partial charge in [0, 0.05) is 43.4 Å². The van der Waals surface area contributed by atoms with Crippen LogP contribution in [0.3, 0.4) is 0 Å². The number of aromatic hydroxyl groups is 1. The van der Waals surface area contributed by atoms with E-state index in [4.69, 9.17) is 5.73 Å². The second kappa shape index (κ2) is 10.0. The van der Waals surface area contributed by atoms with Gasteiger partial charge in [-0.1, -0.05) is 0 Å². The lowest BCUT2D eigenvalue weighted by molar-refractivity contribution is -0.153. The third-order valence-electron chi connectivity index (χ3n) is 11.9. The van der Waals surface area contributed by atoms with Gasteiger partial charge in [0.25, 0.3) is 5.91 Å². The van der Waals surface area contributed by atoms with Gasteiger partial charge >= 0.3 is 0 Å². The molecule has 242 valence electrons. The van der Waals surface area contributed by atoms with Gasteiger partial charge in [-0.15, -0.1) is 0 Å². The van der Waals surface area contributed by atoms with Gasteiger partial charge in [0.15, 0.2) is 11.4 Å². The van der Waals surface area contributed by atoms with Crippen molar-refractivity contribution in [1.29, 1.82) is 0 Å². The third-order valence-corrected chi connectivity index (χ3v) is 11.9. The van der Waals surface area contributed by atoms with E-state index in [-0.39, 0.29) is 35.3 Å². The van der Waals surface area contributed by atoms with Gasteiger partial charge in [0.05, 0.1) is 11.6 Å². The van der Waals surface area contributed by atoms with Gasteiger partial charge in [-0.25, -0.2) is 0 Å². The molecule has 5 saturated carbocycles. The number of rotatable bonds is 6. The molecule has 0 spiro atoms. The van der Waals surface area contributed by atoms with Crippen molar-refractivity contribution in [3.8, 4) is 5.75 Å². The molecule has 4 bridgehead atoms. The molecular weight excluding hydrogens is 576 g/mol. The van der Waals surface area contributed by atoms with Crippen LogP contribution in [-0.4, -0.2) is 88.2 Å². The lowest BCUT2D eigenvalue weighted by atomic mass is 9.53. The first-order valence-corrected chi connectivity index (χ1v) is 16.1. The molecule has 4 atom stereocenters. The van der Waals surface area contributed by atoms with Crippen LogP contribution >= 0.6 is 0 Å². The smallest absolute Gasteiger partial charge is 0.255 e. The molecule has 1 amide bonds. The molecule has 0 heterocycles. The highest BCUT2D eigenvalue weighted by Crippen LogP contribution is 2.57. The fourth-order valence-electron chi connectivity index (χ4n) is 10.7. The summed E-state index contributed by atoms with van der Waals surface area (Å²) in [5.41, 5.74) is 4.48. The number of fused-ring (bicyclic) bond motifs is 3. The van der Waals surface area contributed by atoms with E-state index >= 15 is 0 Å². The summed E-state index contributed by atoms with van der Waals surface area (Å²) in [7, 11) is 7.02. The molecular formula is C34H44N4O7. The van der Waals surface area contributed by atoms with Gasteiger partial charge in [-0.05, 0) is 106 Å². The van der Waals surface area contributed by atoms with Crippen molar-refractivity contribution in [2.45, 2.75) is 75.1 Å². The van der Waals surface area contributed by atoms with Gasteiger partial charge in [0.2, 0.25) is 5.78 Å². The number of carbonyl (C=O) groups is 3. The Morgan fingerprint density at radius 2 is 1.60 bits per heavy atom. The largest absolute Gasteiger partial charge is 0.508 e. The fraction of sp³-hybridized carbons (Fsp3) is 0.618. The van der Waals surface area contributed by atoms with Crippen LogP contribution in [0.15, 0.2) is 23.0 Å². The zero-order valence-corrected chi connectivity index (χ0v) is 26.4. The molecule has 7 aliphatic carbocycles. The van der Waals surface area contributed by atoms with Crippen LogP contribution in [0.2, 0.25) is 0 Å². The van der Waals surface area contributed by atoms with E-state index < -0.39 is 58.0 Å². The molecule has 0 radical (unpaired) electrons. The number of primary amides is 1. The topological polar surface area (TPSA) is 177 Å². The summed E-state index contributed by atoms with van der Waals surface area (Å²) in [6.45, 7) is 0.551. The number of benzene rings is 1. The molecule has 1 aromatic carbocycles. The maximum atomic E-state index is 14.1. The monoisotopic (exact) mass is 620 g/mol. The number of amides is 1. The van der Waals surface area contributed by atoms with Crippen molar-refractivity contribution in [1.82, 2.24) is 10.2 Å². The van der Waals surface area contributed by atoms with Gasteiger partial charge in [0.1, 0.15) is 22.8 Å². The molecule has 7 N–H and O–H groups in total. The van der Waals surface area contributed by atoms with Gasteiger partial charge in [-0.2, -0.15) is 0 Å². The van der Waals surface area contributed by atoms with E-state index in [0.29, 0.717) is 12.1 Å². The lowest BCUT2D eigenvalue weighted by Crippen LogP contribution is -2.65. The number of phenolic OH excluding ortho intramolecular Hbond substituents is 1. The summed E-state index contributed by atoms with van der Waals surface area (Å²) in [5.74, 6) is -4.10. The van der Waals surface area contributed by atoms with Crippen LogP contribution in [0.1, 0.15) is 61.6 Å². The average Bonchev–Trinajstić information content (AvgIpc) is 2.92. The fourth-order valence-corrected chi connectivity index (χ4v) is 10.7. The highest BCUT2D eigenvalue weighted by atomic mass is 16.3. The summed E-state index contributed by atoms with van der Waals surface area (Å²) in [6.07, 6.45) is 7.88. The number of ketones is 2. The molecule has 11 nitrogen and oxygen atoms in total. The quantitative estimate of drug-likeness (QED) is 0.258. The Morgan fingerprint density at radius 1 is 1.00 bits per heavy atom. The summed E-state index contributed by atoms with van der Waals surface area (Å²) in [5, 5.41) is 49.9.